The van der Waals surface area contributed by atoms with Crippen LogP contribution in [0.1, 0.15) is 24.6 Å². The van der Waals surface area contributed by atoms with Crippen LogP contribution in [0.25, 0.3) is 11.4 Å². The van der Waals surface area contributed by atoms with Crippen LogP contribution in [0.15, 0.2) is 65.5 Å². The summed E-state index contributed by atoms with van der Waals surface area (Å²) < 4.78 is 1.39. The van der Waals surface area contributed by atoms with Gasteiger partial charge >= 0.3 is 0 Å². The molecule has 0 aliphatic carbocycles. The van der Waals surface area contributed by atoms with Crippen LogP contribution < -0.4 is 10.9 Å². The van der Waals surface area contributed by atoms with Gasteiger partial charge in [0, 0.05) is 28.4 Å². The van der Waals surface area contributed by atoms with Gasteiger partial charge in [-0.1, -0.05) is 54.1 Å². The van der Waals surface area contributed by atoms with Gasteiger partial charge in [-0.05, 0) is 44.4 Å². The van der Waals surface area contributed by atoms with Crippen molar-refractivity contribution in [2.45, 2.75) is 39.3 Å². The fourth-order valence-electron chi connectivity index (χ4n) is 3.19. The molecule has 6 heteroatoms. The maximum absolute atomic E-state index is 12.6. The Balaban J connectivity index is 1.72. The van der Waals surface area contributed by atoms with E-state index in [0.717, 1.165) is 12.8 Å². The first-order chi connectivity index (χ1) is 13.9. The predicted octanol–water partition coefficient (Wildman–Crippen LogP) is 4.01. The lowest BCUT2D eigenvalue weighted by Crippen LogP contribution is -2.38. The summed E-state index contributed by atoms with van der Waals surface area (Å²) in [7, 11) is 0. The highest BCUT2D eigenvalue weighted by Crippen LogP contribution is 2.20. The summed E-state index contributed by atoms with van der Waals surface area (Å²) >= 11 is 6.09. The quantitative estimate of drug-likeness (QED) is 0.641. The first-order valence-electron chi connectivity index (χ1n) is 9.60. The Morgan fingerprint density at radius 2 is 1.90 bits per heavy atom. The second-order valence-electron chi connectivity index (χ2n) is 7.15. The van der Waals surface area contributed by atoms with E-state index in [4.69, 9.17) is 11.6 Å². The molecule has 1 atom stereocenters. The lowest BCUT2D eigenvalue weighted by Gasteiger charge is -2.16. The minimum atomic E-state index is -0.264. The smallest absolute Gasteiger partial charge is 0.254 e. The van der Waals surface area contributed by atoms with E-state index in [1.165, 1.54) is 16.2 Å². The van der Waals surface area contributed by atoms with Gasteiger partial charge in [-0.25, -0.2) is 4.98 Å². The van der Waals surface area contributed by atoms with E-state index in [1.807, 2.05) is 31.2 Å². The molecule has 1 amide bonds. The third kappa shape index (κ3) is 5.78. The van der Waals surface area contributed by atoms with Gasteiger partial charge in [0.2, 0.25) is 5.91 Å². The number of aromatic nitrogens is 2. The van der Waals surface area contributed by atoms with Crippen molar-refractivity contribution in [3.63, 3.8) is 0 Å². The predicted molar refractivity (Wildman–Crippen MR) is 116 cm³/mol. The van der Waals surface area contributed by atoms with Crippen LogP contribution in [0.3, 0.4) is 0 Å². The molecule has 0 aliphatic heterocycles. The van der Waals surface area contributed by atoms with Gasteiger partial charge in [0.25, 0.3) is 5.56 Å². The van der Waals surface area contributed by atoms with Crippen LogP contribution in [-0.4, -0.2) is 21.5 Å². The number of rotatable bonds is 7. The molecule has 1 aromatic heterocycles. The first-order valence-corrected chi connectivity index (χ1v) is 9.98. The number of aryl methyl sites for hydroxylation is 2. The van der Waals surface area contributed by atoms with Crippen LogP contribution >= 0.6 is 11.6 Å². The number of amides is 1. The standard InChI is InChI=1S/C23H24ClN3O2/c1-16(11-12-18-7-4-3-5-8-18)25-21(28)15-27-22(29)13-17(2)26-23(27)19-9-6-10-20(24)14-19/h3-10,13-14,16H,11-12,15H2,1-2H3,(H,25,28)/t16-/m0/s1. The van der Waals surface area contributed by atoms with Gasteiger partial charge in [0.05, 0.1) is 0 Å². The number of benzene rings is 2. The molecule has 0 unspecified atom stereocenters. The average Bonchev–Trinajstić information content (AvgIpc) is 2.69. The number of hydrogen-bond donors (Lipinski definition) is 1. The zero-order valence-electron chi connectivity index (χ0n) is 16.6. The van der Waals surface area contributed by atoms with Crippen molar-refractivity contribution >= 4 is 17.5 Å². The third-order valence-electron chi connectivity index (χ3n) is 4.64. The van der Waals surface area contributed by atoms with Crippen molar-refractivity contribution in [3.8, 4) is 11.4 Å². The van der Waals surface area contributed by atoms with Crippen LogP contribution in [0, 0.1) is 6.92 Å². The average molecular weight is 410 g/mol. The van der Waals surface area contributed by atoms with E-state index >= 15 is 0 Å². The zero-order chi connectivity index (χ0) is 20.8. The molecule has 0 aliphatic rings. The largest absolute Gasteiger partial charge is 0.352 e. The zero-order valence-corrected chi connectivity index (χ0v) is 17.3. The highest BCUT2D eigenvalue weighted by atomic mass is 35.5. The number of nitrogens with zero attached hydrogens (tertiary/aromatic N) is 2. The normalized spacial score (nSPS) is 11.8. The maximum Gasteiger partial charge on any atom is 0.254 e. The van der Waals surface area contributed by atoms with Crippen molar-refractivity contribution in [2.75, 3.05) is 0 Å². The molecule has 2 aromatic carbocycles. The number of halogens is 1. The van der Waals surface area contributed by atoms with E-state index < -0.39 is 0 Å². The number of hydrogen-bond acceptors (Lipinski definition) is 3. The van der Waals surface area contributed by atoms with Crippen LogP contribution in [0.4, 0.5) is 0 Å². The van der Waals surface area contributed by atoms with Crippen molar-refractivity contribution in [1.82, 2.24) is 14.9 Å². The highest BCUT2D eigenvalue weighted by Gasteiger charge is 2.15. The van der Waals surface area contributed by atoms with Gasteiger partial charge in [-0.15, -0.1) is 0 Å². The lowest BCUT2D eigenvalue weighted by molar-refractivity contribution is -0.122. The van der Waals surface area contributed by atoms with Crippen molar-refractivity contribution in [3.05, 3.63) is 87.3 Å². The summed E-state index contributed by atoms with van der Waals surface area (Å²) in [5, 5.41) is 3.52. The van der Waals surface area contributed by atoms with Crippen molar-refractivity contribution in [2.24, 2.45) is 0 Å². The molecule has 0 saturated carbocycles. The molecule has 150 valence electrons. The molecular formula is C23H24ClN3O2. The Morgan fingerprint density at radius 3 is 2.62 bits per heavy atom. The van der Waals surface area contributed by atoms with Crippen molar-refractivity contribution < 1.29 is 4.79 Å². The highest BCUT2D eigenvalue weighted by molar-refractivity contribution is 6.30. The Bertz CT molecular complexity index is 1050. The lowest BCUT2D eigenvalue weighted by atomic mass is 10.1. The minimum absolute atomic E-state index is 0.00793. The molecule has 3 rings (SSSR count). The Morgan fingerprint density at radius 1 is 1.14 bits per heavy atom. The van der Waals surface area contributed by atoms with E-state index in [1.54, 1.807) is 25.1 Å². The number of carbonyl (C=O) groups excluding carboxylic acids is 1. The molecule has 29 heavy (non-hydrogen) atoms. The van der Waals surface area contributed by atoms with E-state index in [2.05, 4.69) is 22.4 Å². The van der Waals surface area contributed by atoms with Gasteiger partial charge < -0.3 is 5.32 Å². The summed E-state index contributed by atoms with van der Waals surface area (Å²) in [4.78, 5) is 29.6. The van der Waals surface area contributed by atoms with E-state index in [9.17, 15) is 9.59 Å². The third-order valence-corrected chi connectivity index (χ3v) is 4.87. The first kappa shape index (κ1) is 20.8. The van der Waals surface area contributed by atoms with Crippen molar-refractivity contribution in [1.29, 1.82) is 0 Å². The summed E-state index contributed by atoms with van der Waals surface area (Å²) in [5.41, 5.74) is 2.26. The SMILES string of the molecule is Cc1cc(=O)n(CC(=O)N[C@@H](C)CCc2ccccc2)c(-c2cccc(Cl)c2)n1. The van der Waals surface area contributed by atoms with Crippen LogP contribution in [0.5, 0.6) is 0 Å². The van der Waals surface area contributed by atoms with Gasteiger partial charge in [-0.2, -0.15) is 0 Å². The molecule has 0 bridgehead atoms. The molecule has 0 saturated heterocycles. The summed E-state index contributed by atoms with van der Waals surface area (Å²) in [5.74, 6) is 0.214. The molecule has 3 aromatic rings. The molecule has 5 nitrogen and oxygen atoms in total. The Labute approximate surface area is 175 Å². The fourth-order valence-corrected chi connectivity index (χ4v) is 3.38. The second-order valence-corrected chi connectivity index (χ2v) is 7.59. The monoisotopic (exact) mass is 409 g/mol. The van der Waals surface area contributed by atoms with Gasteiger partial charge in [0.1, 0.15) is 12.4 Å². The van der Waals surface area contributed by atoms with Gasteiger partial charge in [0.15, 0.2) is 0 Å². The molecule has 1 N–H and O–H groups in total. The van der Waals surface area contributed by atoms with Crippen LogP contribution in [0.2, 0.25) is 5.02 Å². The molecule has 0 spiro atoms. The van der Waals surface area contributed by atoms with E-state index in [0.29, 0.717) is 22.1 Å². The minimum Gasteiger partial charge on any atom is -0.352 e. The summed E-state index contributed by atoms with van der Waals surface area (Å²) in [6, 6.07) is 18.7. The molecule has 1 heterocycles. The van der Waals surface area contributed by atoms with Crippen LogP contribution in [-0.2, 0) is 17.8 Å². The number of carbonyl (C=O) groups is 1. The molecule has 0 fully saturated rings. The Kier molecular flexibility index (Phi) is 6.83. The number of nitrogens with one attached hydrogen (secondary N) is 1. The second kappa shape index (κ2) is 9.52. The Hall–Kier alpha value is -2.92. The topological polar surface area (TPSA) is 64.0 Å². The molecule has 0 radical (unpaired) electrons. The van der Waals surface area contributed by atoms with Gasteiger partial charge in [-0.3, -0.25) is 14.2 Å². The fraction of sp³-hybridized carbons (Fsp3) is 0.261. The summed E-state index contributed by atoms with van der Waals surface area (Å²) in [6.45, 7) is 3.63. The summed E-state index contributed by atoms with van der Waals surface area (Å²) in [6.07, 6.45) is 1.69. The molecular weight excluding hydrogens is 386 g/mol. The maximum atomic E-state index is 12.6. The van der Waals surface area contributed by atoms with E-state index in [-0.39, 0.29) is 24.1 Å².